The number of nitrogens with zero attached hydrogens (tertiary/aromatic N) is 3. The molecule has 0 spiro atoms. The molecule has 0 atom stereocenters. The summed E-state index contributed by atoms with van der Waals surface area (Å²) in [6.45, 7) is 2.10. The molecule has 0 aliphatic carbocycles. The molecule has 5 heteroatoms. The summed E-state index contributed by atoms with van der Waals surface area (Å²) < 4.78 is 0. The van der Waals surface area contributed by atoms with Gasteiger partial charge >= 0.3 is 0 Å². The largest absolute Gasteiger partial charge is 0.396 e. The van der Waals surface area contributed by atoms with Crippen LogP contribution in [0.4, 0.5) is 5.82 Å². The molecule has 1 aromatic heterocycles. The van der Waals surface area contributed by atoms with Crippen molar-refractivity contribution in [2.75, 3.05) is 31.7 Å². The Balaban J connectivity index is 2.76. The first-order valence-electron chi connectivity index (χ1n) is 5.33. The van der Waals surface area contributed by atoms with E-state index in [-0.39, 0.29) is 13.2 Å². The topological polar surface area (TPSA) is 80.4 Å². The number of hydrogen-bond acceptors (Lipinski definition) is 5. The third kappa shape index (κ3) is 3.41. The number of rotatable bonds is 5. The first-order valence-corrected chi connectivity index (χ1v) is 5.33. The van der Waals surface area contributed by atoms with Gasteiger partial charge in [-0.05, 0) is 12.1 Å². The second-order valence-electron chi connectivity index (χ2n) is 4.50. The molecular weight excluding hydrogens is 218 g/mol. The molecule has 0 amide bonds. The van der Waals surface area contributed by atoms with Crippen molar-refractivity contribution in [3.8, 4) is 6.07 Å². The number of pyridine rings is 1. The first-order chi connectivity index (χ1) is 8.04. The van der Waals surface area contributed by atoms with Crippen molar-refractivity contribution in [3.05, 3.63) is 23.9 Å². The van der Waals surface area contributed by atoms with E-state index in [4.69, 9.17) is 5.26 Å². The van der Waals surface area contributed by atoms with Crippen molar-refractivity contribution in [1.82, 2.24) is 4.98 Å². The molecule has 1 heterocycles. The second-order valence-corrected chi connectivity index (χ2v) is 4.50. The van der Waals surface area contributed by atoms with Crippen molar-refractivity contribution < 1.29 is 10.2 Å². The number of aliphatic hydroxyl groups is 2. The van der Waals surface area contributed by atoms with Crippen molar-refractivity contribution in [1.29, 1.82) is 5.26 Å². The van der Waals surface area contributed by atoms with Gasteiger partial charge in [-0.2, -0.15) is 5.26 Å². The molecular formula is C12H17N3O2. The predicted molar refractivity (Wildman–Crippen MR) is 64.5 cm³/mol. The lowest BCUT2D eigenvalue weighted by molar-refractivity contribution is 0.0761. The van der Waals surface area contributed by atoms with Gasteiger partial charge in [0, 0.05) is 25.2 Å². The van der Waals surface area contributed by atoms with Crippen LogP contribution >= 0.6 is 0 Å². The molecule has 92 valence electrons. The lowest BCUT2D eigenvalue weighted by atomic mass is 9.92. The number of hydrogen-bond donors (Lipinski definition) is 2. The Kier molecular flexibility index (Phi) is 4.44. The van der Waals surface area contributed by atoms with Crippen LogP contribution in [-0.2, 0) is 0 Å². The van der Waals surface area contributed by atoms with E-state index in [1.54, 1.807) is 19.1 Å². The Morgan fingerprint density at radius 2 is 2.06 bits per heavy atom. The molecule has 0 bridgehead atoms. The van der Waals surface area contributed by atoms with E-state index in [2.05, 4.69) is 4.98 Å². The molecule has 0 aromatic carbocycles. The average Bonchev–Trinajstić information content (AvgIpc) is 2.38. The van der Waals surface area contributed by atoms with Crippen LogP contribution in [0.15, 0.2) is 18.3 Å². The Morgan fingerprint density at radius 3 is 2.47 bits per heavy atom. The van der Waals surface area contributed by atoms with Crippen LogP contribution in [0, 0.1) is 16.7 Å². The van der Waals surface area contributed by atoms with Crippen LogP contribution in [-0.4, -0.2) is 42.0 Å². The minimum absolute atomic E-state index is 0.0931. The van der Waals surface area contributed by atoms with Crippen molar-refractivity contribution in [2.45, 2.75) is 6.92 Å². The molecule has 2 N–H and O–H groups in total. The Bertz CT molecular complexity index is 393. The highest BCUT2D eigenvalue weighted by Gasteiger charge is 2.24. The number of nitriles is 1. The van der Waals surface area contributed by atoms with Gasteiger partial charge in [-0.15, -0.1) is 0 Å². The van der Waals surface area contributed by atoms with Gasteiger partial charge in [0.2, 0.25) is 0 Å². The van der Waals surface area contributed by atoms with Crippen molar-refractivity contribution >= 4 is 5.82 Å². The van der Waals surface area contributed by atoms with E-state index in [1.165, 1.54) is 6.20 Å². The summed E-state index contributed by atoms with van der Waals surface area (Å²) >= 11 is 0. The summed E-state index contributed by atoms with van der Waals surface area (Å²) in [6, 6.07) is 5.44. The normalized spacial score (nSPS) is 11.0. The van der Waals surface area contributed by atoms with Crippen LogP contribution in [0.25, 0.3) is 0 Å². The van der Waals surface area contributed by atoms with Crippen LogP contribution in [0.3, 0.4) is 0 Å². The highest BCUT2D eigenvalue weighted by molar-refractivity contribution is 5.41. The maximum absolute atomic E-state index is 9.21. The summed E-state index contributed by atoms with van der Waals surface area (Å²) in [5, 5.41) is 27.1. The van der Waals surface area contributed by atoms with Gasteiger partial charge < -0.3 is 15.1 Å². The molecule has 1 aromatic rings. The monoisotopic (exact) mass is 235 g/mol. The zero-order chi connectivity index (χ0) is 12.9. The van der Waals surface area contributed by atoms with Crippen molar-refractivity contribution in [2.24, 2.45) is 5.41 Å². The van der Waals surface area contributed by atoms with E-state index >= 15 is 0 Å². The summed E-state index contributed by atoms with van der Waals surface area (Å²) in [7, 11) is 1.83. The minimum atomic E-state index is -0.565. The number of aromatic nitrogens is 1. The van der Waals surface area contributed by atoms with E-state index in [9.17, 15) is 10.2 Å². The molecule has 5 nitrogen and oxygen atoms in total. The minimum Gasteiger partial charge on any atom is -0.396 e. The fourth-order valence-corrected chi connectivity index (χ4v) is 1.48. The third-order valence-electron chi connectivity index (χ3n) is 2.65. The molecule has 17 heavy (non-hydrogen) atoms. The maximum Gasteiger partial charge on any atom is 0.128 e. The third-order valence-corrected chi connectivity index (χ3v) is 2.65. The highest BCUT2D eigenvalue weighted by atomic mass is 16.3. The zero-order valence-corrected chi connectivity index (χ0v) is 10.1. The summed E-state index contributed by atoms with van der Waals surface area (Å²) in [6.07, 6.45) is 1.50. The zero-order valence-electron chi connectivity index (χ0n) is 10.1. The highest BCUT2D eigenvalue weighted by Crippen LogP contribution is 2.19. The molecule has 0 saturated carbocycles. The first kappa shape index (κ1) is 13.4. The molecule has 0 aliphatic heterocycles. The fraction of sp³-hybridized carbons (Fsp3) is 0.500. The van der Waals surface area contributed by atoms with Gasteiger partial charge in [-0.1, -0.05) is 6.92 Å². The van der Waals surface area contributed by atoms with E-state index in [1.807, 2.05) is 18.0 Å². The average molecular weight is 235 g/mol. The molecule has 1 rings (SSSR count). The fourth-order valence-electron chi connectivity index (χ4n) is 1.48. The SMILES string of the molecule is CN(CC(C)(CO)CO)c1ccc(C#N)cn1. The lowest BCUT2D eigenvalue weighted by Gasteiger charge is -2.30. The quantitative estimate of drug-likeness (QED) is 0.771. The van der Waals surface area contributed by atoms with Crippen LogP contribution in [0.1, 0.15) is 12.5 Å². The molecule has 0 fully saturated rings. The summed E-state index contributed by atoms with van der Waals surface area (Å²) in [4.78, 5) is 5.98. The predicted octanol–water partition coefficient (Wildman–Crippen LogP) is 0.380. The molecule has 0 aliphatic rings. The Hall–Kier alpha value is -1.64. The van der Waals surface area contributed by atoms with Gasteiger partial charge in [0.25, 0.3) is 0 Å². The summed E-state index contributed by atoms with van der Waals surface area (Å²) in [5.41, 5.74) is -0.0566. The van der Waals surface area contributed by atoms with Gasteiger partial charge in [0.1, 0.15) is 11.9 Å². The smallest absolute Gasteiger partial charge is 0.128 e. The van der Waals surface area contributed by atoms with Gasteiger partial charge in [-0.25, -0.2) is 4.98 Å². The number of anilines is 1. The molecule has 0 saturated heterocycles. The standard InChI is InChI=1S/C12H17N3O2/c1-12(8-16,9-17)7-15(2)11-4-3-10(5-13)6-14-11/h3-4,6,16-17H,7-9H2,1-2H3. The van der Waals surface area contributed by atoms with Crippen LogP contribution in [0.2, 0.25) is 0 Å². The van der Waals surface area contributed by atoms with E-state index in [0.717, 1.165) is 0 Å². The van der Waals surface area contributed by atoms with Gasteiger partial charge in [0.15, 0.2) is 0 Å². The van der Waals surface area contributed by atoms with E-state index in [0.29, 0.717) is 17.9 Å². The van der Waals surface area contributed by atoms with Crippen LogP contribution in [0.5, 0.6) is 0 Å². The second kappa shape index (κ2) is 5.62. The van der Waals surface area contributed by atoms with Crippen LogP contribution < -0.4 is 4.90 Å². The molecule has 0 radical (unpaired) electrons. The maximum atomic E-state index is 9.21. The Labute approximate surface area is 101 Å². The Morgan fingerprint density at radius 1 is 1.41 bits per heavy atom. The molecule has 0 unspecified atom stereocenters. The van der Waals surface area contributed by atoms with E-state index < -0.39 is 5.41 Å². The summed E-state index contributed by atoms with van der Waals surface area (Å²) in [5.74, 6) is 0.706. The van der Waals surface area contributed by atoms with Gasteiger partial charge in [0.05, 0.1) is 18.8 Å². The lowest BCUT2D eigenvalue weighted by Crippen LogP contribution is -2.39. The number of aliphatic hydroxyl groups excluding tert-OH is 2. The van der Waals surface area contributed by atoms with Gasteiger partial charge in [-0.3, -0.25) is 0 Å². The van der Waals surface area contributed by atoms with Crippen molar-refractivity contribution in [3.63, 3.8) is 0 Å².